The molecule has 0 spiro atoms. The molecular formula is C24H26N2O3S. The molecule has 0 aliphatic rings. The molecule has 1 N–H and O–H groups in total. The van der Waals surface area contributed by atoms with E-state index in [0.717, 1.165) is 27.3 Å². The number of hydrogen-bond donors (Lipinski definition) is 1. The van der Waals surface area contributed by atoms with E-state index in [1.165, 1.54) is 7.05 Å². The van der Waals surface area contributed by atoms with Crippen LogP contribution in [0.2, 0.25) is 0 Å². The Balaban J connectivity index is 2.04. The Morgan fingerprint density at radius 3 is 1.87 bits per heavy atom. The van der Waals surface area contributed by atoms with E-state index in [1.54, 1.807) is 24.3 Å². The third-order valence-corrected chi connectivity index (χ3v) is 6.43. The van der Waals surface area contributed by atoms with Crippen molar-refractivity contribution in [2.24, 2.45) is 0 Å². The molecule has 5 nitrogen and oxygen atoms in total. The minimum Gasteiger partial charge on any atom is -0.343 e. The lowest BCUT2D eigenvalue weighted by molar-refractivity contribution is -0.125. The molecule has 0 bridgehead atoms. The zero-order valence-corrected chi connectivity index (χ0v) is 18.1. The van der Waals surface area contributed by atoms with Crippen LogP contribution in [-0.4, -0.2) is 31.9 Å². The van der Waals surface area contributed by atoms with Crippen LogP contribution >= 0.6 is 0 Å². The topological polar surface area (TPSA) is 66.5 Å². The summed E-state index contributed by atoms with van der Waals surface area (Å²) in [6, 6.07) is 25.1. The Hall–Kier alpha value is -2.96. The molecule has 3 aromatic carbocycles. The molecule has 156 valence electrons. The number of amides is 1. The largest absolute Gasteiger partial charge is 0.343 e. The van der Waals surface area contributed by atoms with Crippen LogP contribution in [0, 0.1) is 6.92 Å². The Bertz CT molecular complexity index is 1100. The number of nitrogens with one attached hydrogen (secondary N) is 1. The van der Waals surface area contributed by atoms with Gasteiger partial charge in [0.1, 0.15) is 6.04 Å². The van der Waals surface area contributed by atoms with E-state index in [0.29, 0.717) is 5.56 Å². The van der Waals surface area contributed by atoms with Gasteiger partial charge >= 0.3 is 0 Å². The third kappa shape index (κ3) is 4.96. The normalized spacial score (nSPS) is 13.6. The zero-order chi connectivity index (χ0) is 21.7. The van der Waals surface area contributed by atoms with Gasteiger partial charge in [-0.25, -0.2) is 8.42 Å². The number of benzene rings is 3. The molecule has 0 radical (unpaired) electrons. The maximum atomic E-state index is 13.5. The van der Waals surface area contributed by atoms with Gasteiger partial charge < -0.3 is 5.32 Å². The van der Waals surface area contributed by atoms with Crippen molar-refractivity contribution in [1.82, 2.24) is 9.62 Å². The van der Waals surface area contributed by atoms with E-state index < -0.39 is 22.1 Å². The van der Waals surface area contributed by atoms with Crippen molar-refractivity contribution in [2.45, 2.75) is 19.0 Å². The minimum atomic E-state index is -3.60. The summed E-state index contributed by atoms with van der Waals surface area (Å²) in [5.74, 6) is -0.383. The van der Waals surface area contributed by atoms with E-state index in [1.807, 2.05) is 67.6 Å². The molecule has 0 fully saturated rings. The van der Waals surface area contributed by atoms with Gasteiger partial charge in [0.25, 0.3) is 0 Å². The zero-order valence-electron chi connectivity index (χ0n) is 17.3. The molecule has 0 saturated carbocycles. The Morgan fingerprint density at radius 2 is 1.33 bits per heavy atom. The summed E-state index contributed by atoms with van der Waals surface area (Å²) >= 11 is 0. The van der Waals surface area contributed by atoms with Gasteiger partial charge in [0, 0.05) is 7.05 Å². The van der Waals surface area contributed by atoms with Crippen LogP contribution in [0.5, 0.6) is 0 Å². The Kier molecular flexibility index (Phi) is 6.70. The van der Waals surface area contributed by atoms with Gasteiger partial charge in [0.05, 0.1) is 12.3 Å². The standard InChI is InChI=1S/C24H26N2O3S/c1-18-12-10-11-17-21(18)22(19-13-6-4-7-14-19)25-24(27)23(26(2)30(3,28)29)20-15-8-5-9-16-20/h4-17,22-23H,1-3H3,(H,25,27). The van der Waals surface area contributed by atoms with Crippen LogP contribution in [0.25, 0.3) is 0 Å². The van der Waals surface area contributed by atoms with Crippen LogP contribution in [0.4, 0.5) is 0 Å². The highest BCUT2D eigenvalue weighted by Crippen LogP contribution is 2.28. The molecular weight excluding hydrogens is 396 g/mol. The maximum Gasteiger partial charge on any atom is 0.243 e. The Labute approximate surface area is 178 Å². The van der Waals surface area contributed by atoms with Gasteiger partial charge in [-0.05, 0) is 29.2 Å². The van der Waals surface area contributed by atoms with Crippen molar-refractivity contribution in [3.05, 3.63) is 107 Å². The highest BCUT2D eigenvalue weighted by atomic mass is 32.2. The predicted molar refractivity (Wildman–Crippen MR) is 119 cm³/mol. The van der Waals surface area contributed by atoms with Gasteiger partial charge in [-0.15, -0.1) is 0 Å². The van der Waals surface area contributed by atoms with Crippen LogP contribution < -0.4 is 5.32 Å². The van der Waals surface area contributed by atoms with Gasteiger partial charge in [-0.1, -0.05) is 84.9 Å². The van der Waals surface area contributed by atoms with Gasteiger partial charge in [-0.3, -0.25) is 4.79 Å². The first-order valence-corrected chi connectivity index (χ1v) is 11.5. The molecule has 3 aromatic rings. The van der Waals surface area contributed by atoms with Crippen LogP contribution in [0.3, 0.4) is 0 Å². The van der Waals surface area contributed by atoms with Crippen molar-refractivity contribution in [1.29, 1.82) is 0 Å². The average Bonchev–Trinajstić information content (AvgIpc) is 2.73. The number of carbonyl (C=O) groups excluding carboxylic acids is 1. The molecule has 0 aromatic heterocycles. The Morgan fingerprint density at radius 1 is 0.833 bits per heavy atom. The molecule has 0 aliphatic carbocycles. The third-order valence-electron chi connectivity index (χ3n) is 5.17. The van der Waals surface area contributed by atoms with E-state index in [-0.39, 0.29) is 5.91 Å². The second-order valence-corrected chi connectivity index (χ2v) is 9.34. The van der Waals surface area contributed by atoms with Crippen molar-refractivity contribution in [2.75, 3.05) is 13.3 Å². The lowest BCUT2D eigenvalue weighted by atomic mass is 9.94. The monoisotopic (exact) mass is 422 g/mol. The number of carbonyl (C=O) groups is 1. The fourth-order valence-electron chi connectivity index (χ4n) is 3.47. The highest BCUT2D eigenvalue weighted by molar-refractivity contribution is 7.88. The second kappa shape index (κ2) is 9.24. The summed E-state index contributed by atoms with van der Waals surface area (Å²) in [6.07, 6.45) is 1.10. The average molecular weight is 423 g/mol. The molecule has 2 unspecified atom stereocenters. The first kappa shape index (κ1) is 21.7. The second-order valence-electron chi connectivity index (χ2n) is 7.30. The number of nitrogens with zero attached hydrogens (tertiary/aromatic N) is 1. The molecule has 1 amide bonds. The minimum absolute atomic E-state index is 0.383. The number of hydrogen-bond acceptors (Lipinski definition) is 3. The summed E-state index contributed by atoms with van der Waals surface area (Å²) in [4.78, 5) is 13.5. The summed E-state index contributed by atoms with van der Waals surface area (Å²) in [6.45, 7) is 1.99. The molecule has 2 atom stereocenters. The molecule has 30 heavy (non-hydrogen) atoms. The van der Waals surface area contributed by atoms with E-state index in [9.17, 15) is 13.2 Å². The lowest BCUT2D eigenvalue weighted by Crippen LogP contribution is -2.42. The molecule has 0 heterocycles. The fraction of sp³-hybridized carbons (Fsp3) is 0.208. The lowest BCUT2D eigenvalue weighted by Gasteiger charge is -2.29. The number of aryl methyl sites for hydroxylation is 1. The molecule has 3 rings (SSSR count). The van der Waals surface area contributed by atoms with E-state index in [4.69, 9.17) is 0 Å². The van der Waals surface area contributed by atoms with Crippen molar-refractivity contribution >= 4 is 15.9 Å². The first-order chi connectivity index (χ1) is 14.3. The summed E-state index contributed by atoms with van der Waals surface area (Å²) < 4.78 is 25.7. The molecule has 6 heteroatoms. The quantitative estimate of drug-likeness (QED) is 0.629. The number of rotatable bonds is 7. The first-order valence-electron chi connectivity index (χ1n) is 9.68. The highest BCUT2D eigenvalue weighted by Gasteiger charge is 2.32. The number of likely N-dealkylation sites (N-methyl/N-ethyl adjacent to an activating group) is 1. The van der Waals surface area contributed by atoms with Crippen molar-refractivity contribution < 1.29 is 13.2 Å². The summed E-state index contributed by atoms with van der Waals surface area (Å²) in [7, 11) is -2.17. The van der Waals surface area contributed by atoms with E-state index in [2.05, 4.69) is 5.32 Å². The van der Waals surface area contributed by atoms with Crippen molar-refractivity contribution in [3.63, 3.8) is 0 Å². The summed E-state index contributed by atoms with van der Waals surface area (Å²) in [5, 5.41) is 3.10. The maximum absolute atomic E-state index is 13.5. The van der Waals surface area contributed by atoms with E-state index >= 15 is 0 Å². The fourth-order valence-corrected chi connectivity index (χ4v) is 4.07. The SMILES string of the molecule is Cc1ccccc1C(NC(=O)C(c1ccccc1)N(C)S(C)(=O)=O)c1ccccc1. The van der Waals surface area contributed by atoms with Crippen LogP contribution in [0.1, 0.15) is 34.3 Å². The van der Waals surface area contributed by atoms with Gasteiger partial charge in [0.2, 0.25) is 15.9 Å². The predicted octanol–water partition coefficient (Wildman–Crippen LogP) is 3.83. The smallest absolute Gasteiger partial charge is 0.243 e. The van der Waals surface area contributed by atoms with Crippen molar-refractivity contribution in [3.8, 4) is 0 Å². The van der Waals surface area contributed by atoms with Gasteiger partial charge in [-0.2, -0.15) is 4.31 Å². The molecule has 0 aliphatic heterocycles. The van der Waals surface area contributed by atoms with Gasteiger partial charge in [0.15, 0.2) is 0 Å². The number of sulfonamides is 1. The van der Waals surface area contributed by atoms with Crippen LogP contribution in [-0.2, 0) is 14.8 Å². The van der Waals surface area contributed by atoms with Crippen LogP contribution in [0.15, 0.2) is 84.9 Å². The molecule has 0 saturated heterocycles. The summed E-state index contributed by atoms with van der Waals surface area (Å²) in [5.41, 5.74) is 3.54.